The third kappa shape index (κ3) is 2.13. The van der Waals surface area contributed by atoms with Crippen molar-refractivity contribution in [2.45, 2.75) is 70.2 Å². The molecule has 4 rings (SSSR count). The van der Waals surface area contributed by atoms with Crippen molar-refractivity contribution in [1.82, 2.24) is 0 Å². The molecule has 3 fully saturated rings. The number of hydrogen-bond acceptors (Lipinski definition) is 5. The summed E-state index contributed by atoms with van der Waals surface area (Å²) in [5.74, 6) is -3.31. The third-order valence-corrected chi connectivity index (χ3v) is 9.06. The van der Waals surface area contributed by atoms with Gasteiger partial charge in [-0.15, -0.1) is 0 Å². The smallest absolute Gasteiger partial charge is 0.336 e. The van der Waals surface area contributed by atoms with Gasteiger partial charge in [-0.05, 0) is 50.0 Å². The minimum atomic E-state index is -2.08. The van der Waals surface area contributed by atoms with Crippen LogP contribution in [0, 0.1) is 28.6 Å². The van der Waals surface area contributed by atoms with E-state index in [0.29, 0.717) is 31.1 Å². The maximum absolute atomic E-state index is 17.0. The summed E-state index contributed by atoms with van der Waals surface area (Å²) in [5.41, 5.74) is -5.71. The van der Waals surface area contributed by atoms with Crippen molar-refractivity contribution in [3.63, 3.8) is 0 Å². The molecule has 160 valence electrons. The Labute approximate surface area is 169 Å². The number of carbonyl (C=O) groups excluding carboxylic acids is 1. The Hall–Kier alpha value is -1.73. The fourth-order valence-electron chi connectivity index (χ4n) is 7.45. The normalized spacial score (nSPS) is 53.1. The van der Waals surface area contributed by atoms with Crippen LogP contribution in [0.1, 0.15) is 52.9 Å². The molecule has 4 aliphatic carbocycles. The second-order valence-electron chi connectivity index (χ2n) is 10.1. The van der Waals surface area contributed by atoms with E-state index in [1.54, 1.807) is 20.8 Å². The zero-order valence-corrected chi connectivity index (χ0v) is 17.0. The Balaban J connectivity index is 1.86. The number of allylic oxidation sites excluding steroid dienone is 2. The zero-order valence-electron chi connectivity index (χ0n) is 17.0. The number of aliphatic hydroxyl groups excluding tert-OH is 2. The van der Waals surface area contributed by atoms with Crippen molar-refractivity contribution < 1.29 is 34.4 Å². The molecule has 0 unspecified atom stereocenters. The third-order valence-electron chi connectivity index (χ3n) is 9.06. The maximum atomic E-state index is 17.0. The number of halogens is 1. The summed E-state index contributed by atoms with van der Waals surface area (Å²) in [7, 11) is 0. The van der Waals surface area contributed by atoms with Crippen LogP contribution in [0.5, 0.6) is 0 Å². The van der Waals surface area contributed by atoms with E-state index in [4.69, 9.17) is 0 Å². The van der Waals surface area contributed by atoms with Crippen LogP contribution in [0.15, 0.2) is 23.5 Å². The average Bonchev–Trinajstić information content (AvgIpc) is 2.85. The molecule has 0 spiro atoms. The molecule has 6 nitrogen and oxygen atoms in total. The summed E-state index contributed by atoms with van der Waals surface area (Å²) in [5, 5.41) is 41.6. The van der Waals surface area contributed by atoms with Gasteiger partial charge in [-0.1, -0.05) is 26.3 Å². The van der Waals surface area contributed by atoms with Crippen molar-refractivity contribution >= 4 is 11.8 Å². The number of aliphatic hydroxyl groups is 3. The summed E-state index contributed by atoms with van der Waals surface area (Å²) in [6, 6.07) is 0. The molecule has 0 aliphatic heterocycles. The SMILES string of the molecule is C[C@@H]1C[C@H]2[C@@H]3CCC4=CC(=O)C(=CO)C[C@]4(C)[C@@]3(F)[C@@H](O)C[C@]2(C)[C@@]1(O)C(=O)O. The summed E-state index contributed by atoms with van der Waals surface area (Å²) in [6.07, 6.45) is 1.63. The highest BCUT2D eigenvalue weighted by atomic mass is 19.1. The quantitative estimate of drug-likeness (QED) is 0.392. The highest BCUT2D eigenvalue weighted by Crippen LogP contribution is 2.71. The first kappa shape index (κ1) is 20.5. The number of carbonyl (C=O) groups is 2. The number of aliphatic carboxylic acids is 1. The van der Waals surface area contributed by atoms with E-state index in [-0.39, 0.29) is 24.2 Å². The van der Waals surface area contributed by atoms with Crippen molar-refractivity contribution in [3.05, 3.63) is 23.5 Å². The lowest BCUT2D eigenvalue weighted by molar-refractivity contribution is -0.232. The Kier molecular flexibility index (Phi) is 4.19. The van der Waals surface area contributed by atoms with Crippen molar-refractivity contribution in [1.29, 1.82) is 0 Å². The van der Waals surface area contributed by atoms with Gasteiger partial charge in [0.1, 0.15) is 5.67 Å². The van der Waals surface area contributed by atoms with E-state index in [1.807, 2.05) is 0 Å². The largest absolute Gasteiger partial charge is 0.515 e. The fourth-order valence-corrected chi connectivity index (χ4v) is 7.45. The lowest BCUT2D eigenvalue weighted by Gasteiger charge is -2.63. The lowest BCUT2D eigenvalue weighted by atomic mass is 9.43. The molecule has 4 aliphatic rings. The van der Waals surface area contributed by atoms with Crippen LogP contribution < -0.4 is 0 Å². The molecule has 29 heavy (non-hydrogen) atoms. The molecule has 0 heterocycles. The molecular formula is C22H29FO6. The molecule has 7 heteroatoms. The highest BCUT2D eigenvalue weighted by molar-refractivity contribution is 6.05. The van der Waals surface area contributed by atoms with Gasteiger partial charge < -0.3 is 20.4 Å². The molecule has 8 atom stereocenters. The van der Waals surface area contributed by atoms with Gasteiger partial charge in [0.05, 0.1) is 12.4 Å². The van der Waals surface area contributed by atoms with E-state index in [1.165, 1.54) is 6.08 Å². The number of alkyl halides is 1. The average molecular weight is 408 g/mol. The van der Waals surface area contributed by atoms with Crippen LogP contribution in [-0.4, -0.2) is 49.6 Å². The van der Waals surface area contributed by atoms with Crippen LogP contribution in [0.2, 0.25) is 0 Å². The molecule has 0 aromatic rings. The first-order valence-corrected chi connectivity index (χ1v) is 10.3. The zero-order chi connectivity index (χ0) is 21.6. The molecule has 0 saturated heterocycles. The van der Waals surface area contributed by atoms with Gasteiger partial charge in [0, 0.05) is 22.3 Å². The number of carboxylic acid groups (broad SMARTS) is 1. The predicted molar refractivity (Wildman–Crippen MR) is 102 cm³/mol. The van der Waals surface area contributed by atoms with Gasteiger partial charge in [0.2, 0.25) is 0 Å². The van der Waals surface area contributed by atoms with Gasteiger partial charge in [-0.2, -0.15) is 0 Å². The predicted octanol–water partition coefficient (Wildman–Crippen LogP) is 2.69. The van der Waals surface area contributed by atoms with Crippen molar-refractivity contribution in [2.24, 2.45) is 28.6 Å². The Morgan fingerprint density at radius 3 is 2.55 bits per heavy atom. The summed E-state index contributed by atoms with van der Waals surface area (Å²) < 4.78 is 17.0. The van der Waals surface area contributed by atoms with Gasteiger partial charge in [0.15, 0.2) is 11.4 Å². The first-order chi connectivity index (χ1) is 13.4. The molecule has 0 radical (unpaired) electrons. The minimum absolute atomic E-state index is 0.0135. The van der Waals surface area contributed by atoms with E-state index in [0.717, 1.165) is 0 Å². The van der Waals surface area contributed by atoms with E-state index < -0.39 is 51.9 Å². The van der Waals surface area contributed by atoms with Crippen LogP contribution in [0.3, 0.4) is 0 Å². The molecule has 4 N–H and O–H groups in total. The number of carboxylic acids is 1. The van der Waals surface area contributed by atoms with Gasteiger partial charge in [-0.25, -0.2) is 9.18 Å². The van der Waals surface area contributed by atoms with E-state index >= 15 is 4.39 Å². The van der Waals surface area contributed by atoms with Crippen molar-refractivity contribution in [3.8, 4) is 0 Å². The second-order valence-corrected chi connectivity index (χ2v) is 10.1. The van der Waals surface area contributed by atoms with Gasteiger partial charge in [-0.3, -0.25) is 4.79 Å². The molecule has 3 saturated carbocycles. The van der Waals surface area contributed by atoms with Crippen LogP contribution in [-0.2, 0) is 9.59 Å². The molecule has 0 bridgehead atoms. The number of rotatable bonds is 1. The first-order valence-electron chi connectivity index (χ1n) is 10.3. The number of hydrogen-bond donors (Lipinski definition) is 4. The molecular weight excluding hydrogens is 379 g/mol. The van der Waals surface area contributed by atoms with E-state index in [9.17, 15) is 30.0 Å². The molecule has 0 amide bonds. The second kappa shape index (κ2) is 5.91. The topological polar surface area (TPSA) is 115 Å². The summed E-state index contributed by atoms with van der Waals surface area (Å²) >= 11 is 0. The van der Waals surface area contributed by atoms with Crippen molar-refractivity contribution in [2.75, 3.05) is 0 Å². The minimum Gasteiger partial charge on any atom is -0.515 e. The van der Waals surface area contributed by atoms with Crippen LogP contribution >= 0.6 is 0 Å². The van der Waals surface area contributed by atoms with Crippen LogP contribution in [0.25, 0.3) is 0 Å². The Morgan fingerprint density at radius 1 is 1.31 bits per heavy atom. The summed E-state index contributed by atoms with van der Waals surface area (Å²) in [6.45, 7) is 5.02. The van der Waals surface area contributed by atoms with Crippen LogP contribution in [0.4, 0.5) is 4.39 Å². The highest BCUT2D eigenvalue weighted by Gasteiger charge is 2.76. The maximum Gasteiger partial charge on any atom is 0.336 e. The Bertz CT molecular complexity index is 850. The van der Waals surface area contributed by atoms with Gasteiger partial charge >= 0.3 is 5.97 Å². The monoisotopic (exact) mass is 408 g/mol. The number of ketones is 1. The molecule has 0 aromatic carbocycles. The summed E-state index contributed by atoms with van der Waals surface area (Å²) in [4.78, 5) is 24.3. The Morgan fingerprint density at radius 2 is 1.97 bits per heavy atom. The standard InChI is InChI=1S/C22H29FO6/c1-11-6-15-14-5-4-13-7-16(25)12(10-24)8-19(13,2)21(14,23)17(26)9-20(15,3)22(11,29)18(27)28/h7,10-11,14-15,17,24,26,29H,4-6,8-9H2,1-3H3,(H,27,28)/t11-,14+,15+,17+,19+,20+,21+,22+/m1/s1. The lowest BCUT2D eigenvalue weighted by Crippen LogP contribution is -2.69. The van der Waals surface area contributed by atoms with E-state index in [2.05, 4.69) is 0 Å². The molecule has 0 aromatic heterocycles. The fraction of sp³-hybridized carbons (Fsp3) is 0.727. The number of fused-ring (bicyclic) bond motifs is 5. The van der Waals surface area contributed by atoms with Gasteiger partial charge in [0.25, 0.3) is 0 Å².